The van der Waals surface area contributed by atoms with E-state index in [9.17, 15) is 18.1 Å². The molecule has 0 fully saturated rings. The van der Waals surface area contributed by atoms with Crippen LogP contribution in [0, 0.1) is 6.92 Å². The smallest absolute Gasteiger partial charge is 0.220 e. The fourth-order valence-corrected chi connectivity index (χ4v) is 2.89. The number of aryl methyl sites for hydroxylation is 2. The number of hydrogen-bond donors (Lipinski definition) is 1. The molecule has 7 nitrogen and oxygen atoms in total. The molecule has 0 saturated carbocycles. The topological polar surface area (TPSA) is 99.8 Å². The van der Waals surface area contributed by atoms with Gasteiger partial charge in [-0.15, -0.1) is 0 Å². The van der Waals surface area contributed by atoms with E-state index >= 15 is 0 Å². The van der Waals surface area contributed by atoms with Crippen LogP contribution < -0.4 is 14.0 Å². The first kappa shape index (κ1) is 20.5. The molecule has 3 aromatic rings. The lowest BCUT2D eigenvalue weighted by Crippen LogP contribution is -2.27. The van der Waals surface area contributed by atoms with Gasteiger partial charge < -0.3 is 19.1 Å². The average Bonchev–Trinajstić information content (AvgIpc) is 2.64. The number of benzene rings is 2. The first-order valence-electron chi connectivity index (χ1n) is 7.93. The van der Waals surface area contributed by atoms with Crippen LogP contribution in [0.2, 0.25) is 0 Å². The van der Waals surface area contributed by atoms with Crippen molar-refractivity contribution in [1.82, 2.24) is 0 Å². The maximum absolute atomic E-state index is 10.4. The summed E-state index contributed by atoms with van der Waals surface area (Å²) in [6.45, 7) is 1.82. The summed E-state index contributed by atoms with van der Waals surface area (Å²) in [4.78, 5) is -0.178. The number of aromatic hydroxyl groups is 1. The van der Waals surface area contributed by atoms with Gasteiger partial charge >= 0.3 is 0 Å². The fourth-order valence-electron chi connectivity index (χ4n) is 2.42. The van der Waals surface area contributed by atoms with Crippen LogP contribution >= 0.6 is 0 Å². The van der Waals surface area contributed by atoms with E-state index in [2.05, 4.69) is 0 Å². The predicted octanol–water partition coefficient (Wildman–Crippen LogP) is 2.29. The van der Waals surface area contributed by atoms with Crippen molar-refractivity contribution in [1.29, 1.82) is 0 Å². The number of fused-ring (bicyclic) bond motifs is 1. The molecular formula is C19H21NO6S. The quantitative estimate of drug-likeness (QED) is 0.543. The third-order valence-corrected chi connectivity index (χ3v) is 4.77. The molecule has 0 unspecified atom stereocenters. The minimum atomic E-state index is -4.27. The fraction of sp³-hybridized carbons (Fsp3) is 0.211. The van der Waals surface area contributed by atoms with Crippen molar-refractivity contribution >= 4 is 21.0 Å². The van der Waals surface area contributed by atoms with Crippen LogP contribution in [0.4, 0.5) is 0 Å². The van der Waals surface area contributed by atoms with Crippen molar-refractivity contribution in [3.63, 3.8) is 0 Å². The molecule has 0 atom stereocenters. The molecule has 1 aromatic heterocycles. The Hall–Kier alpha value is -2.84. The molecule has 0 saturated heterocycles. The number of pyridine rings is 1. The Labute approximate surface area is 158 Å². The summed E-state index contributed by atoms with van der Waals surface area (Å²) in [5, 5.41) is 10.5. The van der Waals surface area contributed by atoms with E-state index in [-0.39, 0.29) is 10.6 Å². The molecule has 27 heavy (non-hydrogen) atoms. The maximum atomic E-state index is 10.4. The van der Waals surface area contributed by atoms with Gasteiger partial charge in [-0.25, -0.2) is 13.0 Å². The Kier molecular flexibility index (Phi) is 6.24. The molecule has 1 N–H and O–H groups in total. The molecule has 0 radical (unpaired) electrons. The van der Waals surface area contributed by atoms with Gasteiger partial charge in [-0.3, -0.25) is 0 Å². The number of nitrogens with zero attached hydrogens (tertiary/aromatic N) is 1. The van der Waals surface area contributed by atoms with Gasteiger partial charge in [0.05, 0.1) is 30.6 Å². The standard InChI is InChI=1S/C12H13NO3.C7H8O3S/c1-13-5-4-10(14)8-6-11(15-2)12(16-3)7-9(8)13;1-6-2-4-7(5-3-6)11(8,9)10/h4-7H,1-3H3;2-5H,1H3,(H,8,9,10). The molecule has 3 rings (SSSR count). The van der Waals surface area contributed by atoms with E-state index in [0.717, 1.165) is 16.5 Å². The first-order chi connectivity index (χ1) is 12.7. The number of methoxy groups -OCH3 is 2. The van der Waals surface area contributed by atoms with E-state index in [4.69, 9.17) is 9.47 Å². The van der Waals surface area contributed by atoms with Crippen LogP contribution in [-0.4, -0.2) is 32.3 Å². The number of aromatic nitrogens is 1. The highest BCUT2D eigenvalue weighted by molar-refractivity contribution is 7.85. The Bertz CT molecular complexity index is 997. The second-order valence-corrected chi connectivity index (χ2v) is 7.18. The van der Waals surface area contributed by atoms with Gasteiger partial charge in [0.15, 0.2) is 17.7 Å². The van der Waals surface area contributed by atoms with Gasteiger partial charge in [0.1, 0.15) is 22.9 Å². The normalized spacial score (nSPS) is 10.9. The number of hydrogen-bond acceptors (Lipinski definition) is 6. The highest BCUT2D eigenvalue weighted by Crippen LogP contribution is 2.33. The van der Waals surface area contributed by atoms with Crippen molar-refractivity contribution in [2.24, 2.45) is 7.05 Å². The summed E-state index contributed by atoms with van der Waals surface area (Å²) < 4.78 is 43.5. The van der Waals surface area contributed by atoms with Gasteiger partial charge in [-0.05, 0) is 19.1 Å². The van der Waals surface area contributed by atoms with E-state index in [1.54, 1.807) is 44.7 Å². The highest BCUT2D eigenvalue weighted by atomic mass is 32.2. The average molecular weight is 391 g/mol. The molecule has 2 aromatic carbocycles. The number of rotatable bonds is 3. The second-order valence-electron chi connectivity index (χ2n) is 5.80. The molecule has 8 heteroatoms. The summed E-state index contributed by atoms with van der Waals surface area (Å²) in [5.41, 5.74) is 1.81. The third-order valence-electron chi connectivity index (χ3n) is 3.92. The van der Waals surface area contributed by atoms with E-state index < -0.39 is 10.1 Å². The summed E-state index contributed by atoms with van der Waals surface area (Å²) in [5.74, 6) is 1.49. The van der Waals surface area contributed by atoms with Gasteiger partial charge in [0, 0.05) is 12.1 Å². The maximum Gasteiger partial charge on any atom is 0.220 e. The van der Waals surface area contributed by atoms with Crippen LogP contribution in [0.3, 0.4) is 0 Å². The van der Waals surface area contributed by atoms with Gasteiger partial charge in [0.25, 0.3) is 0 Å². The summed E-state index contributed by atoms with van der Waals surface area (Å²) in [6, 6.07) is 11.0. The summed E-state index contributed by atoms with van der Waals surface area (Å²) >= 11 is 0. The molecule has 0 amide bonds. The van der Waals surface area contributed by atoms with Crippen molar-refractivity contribution < 1.29 is 32.1 Å². The first-order valence-corrected chi connectivity index (χ1v) is 9.34. The third kappa shape index (κ3) is 4.87. The molecule has 0 aliphatic rings. The van der Waals surface area contributed by atoms with Crippen LogP contribution in [0.15, 0.2) is 53.6 Å². The minimum absolute atomic E-state index is 0.178. The van der Waals surface area contributed by atoms with Crippen LogP contribution in [-0.2, 0) is 17.2 Å². The molecular weight excluding hydrogens is 370 g/mol. The van der Waals surface area contributed by atoms with Gasteiger partial charge in [0.2, 0.25) is 5.52 Å². The monoisotopic (exact) mass is 391 g/mol. The van der Waals surface area contributed by atoms with Crippen molar-refractivity contribution in [2.75, 3.05) is 14.2 Å². The molecule has 0 spiro atoms. The molecule has 144 valence electrons. The second kappa shape index (κ2) is 8.24. The van der Waals surface area contributed by atoms with Gasteiger partial charge in [-0.2, -0.15) is 0 Å². The van der Waals surface area contributed by atoms with Crippen LogP contribution in [0.1, 0.15) is 5.56 Å². The minimum Gasteiger partial charge on any atom is -0.744 e. The lowest BCUT2D eigenvalue weighted by atomic mass is 10.1. The van der Waals surface area contributed by atoms with Gasteiger partial charge in [-0.1, -0.05) is 17.7 Å². The van der Waals surface area contributed by atoms with Crippen molar-refractivity contribution in [3.8, 4) is 17.2 Å². The SMILES string of the molecule is COc1cc2c(O)cc[n+](C)c2cc1OC.Cc1ccc(S(=O)(=O)[O-])cc1. The molecule has 0 aliphatic heterocycles. The van der Waals surface area contributed by atoms with E-state index in [1.165, 1.54) is 12.1 Å². The largest absolute Gasteiger partial charge is 0.744 e. The number of ether oxygens (including phenoxy) is 2. The van der Waals surface area contributed by atoms with Crippen molar-refractivity contribution in [3.05, 3.63) is 54.2 Å². The zero-order valence-electron chi connectivity index (χ0n) is 15.5. The Morgan fingerprint density at radius 2 is 1.56 bits per heavy atom. The predicted molar refractivity (Wildman–Crippen MR) is 99.0 cm³/mol. The van der Waals surface area contributed by atoms with E-state index in [1.807, 2.05) is 24.6 Å². The summed E-state index contributed by atoms with van der Waals surface area (Å²) in [6.07, 6.45) is 1.80. The zero-order valence-corrected chi connectivity index (χ0v) is 16.3. The Morgan fingerprint density at radius 1 is 1.00 bits per heavy atom. The molecule has 0 aliphatic carbocycles. The highest BCUT2D eigenvalue weighted by Gasteiger charge is 2.14. The van der Waals surface area contributed by atoms with E-state index in [0.29, 0.717) is 11.5 Å². The molecule has 1 heterocycles. The lowest BCUT2D eigenvalue weighted by Gasteiger charge is -2.08. The summed E-state index contributed by atoms with van der Waals surface area (Å²) in [7, 11) is 0.804. The zero-order chi connectivity index (χ0) is 20.2. The molecule has 0 bridgehead atoms. The van der Waals surface area contributed by atoms with Crippen molar-refractivity contribution in [2.45, 2.75) is 11.8 Å². The Balaban J connectivity index is 0.000000208. The Morgan fingerprint density at radius 3 is 2.07 bits per heavy atom. The van der Waals surface area contributed by atoms with Crippen LogP contribution in [0.5, 0.6) is 17.2 Å². The lowest BCUT2D eigenvalue weighted by molar-refractivity contribution is -0.644. The van der Waals surface area contributed by atoms with Crippen LogP contribution in [0.25, 0.3) is 10.9 Å².